The summed E-state index contributed by atoms with van der Waals surface area (Å²) in [6, 6.07) is 12.3. The van der Waals surface area contributed by atoms with Crippen LogP contribution in [-0.4, -0.2) is 81.5 Å². The van der Waals surface area contributed by atoms with Crippen molar-refractivity contribution in [3.8, 4) is 17.2 Å². The number of aryl methyl sites for hydroxylation is 1. The second-order valence-electron chi connectivity index (χ2n) is 11.5. The molecule has 0 spiro atoms. The molecule has 11 heteroatoms. The molecule has 1 aromatic heterocycles. The number of hydrogen-bond donors (Lipinski definition) is 1. The molecule has 4 bridgehead atoms. The van der Waals surface area contributed by atoms with Gasteiger partial charge in [0.2, 0.25) is 11.8 Å². The Morgan fingerprint density at radius 3 is 2.80 bits per heavy atom. The van der Waals surface area contributed by atoms with Crippen LogP contribution in [0.5, 0.6) is 17.2 Å². The van der Waals surface area contributed by atoms with E-state index in [-0.39, 0.29) is 36.5 Å². The smallest absolute Gasteiger partial charge is 0.254 e. The molecule has 0 saturated carbocycles. The largest absolute Gasteiger partial charge is 0.491 e. The van der Waals surface area contributed by atoms with E-state index in [1.807, 2.05) is 55.8 Å². The van der Waals surface area contributed by atoms with Crippen LogP contribution in [0.1, 0.15) is 56.0 Å². The lowest BCUT2D eigenvalue weighted by Crippen LogP contribution is -2.58. The van der Waals surface area contributed by atoms with Crippen LogP contribution in [0.2, 0.25) is 0 Å². The van der Waals surface area contributed by atoms with Gasteiger partial charge in [-0.2, -0.15) is 0 Å². The molecular weight excluding hydrogens is 562 g/mol. The summed E-state index contributed by atoms with van der Waals surface area (Å²) in [6.07, 6.45) is 6.60. The van der Waals surface area contributed by atoms with Crippen LogP contribution >= 0.6 is 0 Å². The Kier molecular flexibility index (Phi) is 10.2. The highest BCUT2D eigenvalue weighted by Gasteiger charge is 2.34. The molecule has 3 aromatic rings. The number of carbonyl (C=O) groups is 3. The lowest BCUT2D eigenvalue weighted by atomic mass is 10.0. The van der Waals surface area contributed by atoms with Gasteiger partial charge >= 0.3 is 0 Å². The number of amides is 3. The Bertz CT molecular complexity index is 1440. The predicted octanol–water partition coefficient (Wildman–Crippen LogP) is 4.02. The van der Waals surface area contributed by atoms with E-state index in [4.69, 9.17) is 14.2 Å². The highest BCUT2D eigenvalue weighted by Crippen LogP contribution is 2.30. The molecule has 2 aliphatic heterocycles. The van der Waals surface area contributed by atoms with Crippen molar-refractivity contribution in [3.05, 3.63) is 72.3 Å². The van der Waals surface area contributed by atoms with Crippen molar-refractivity contribution in [1.29, 1.82) is 0 Å². The number of piperidine rings is 1. The Morgan fingerprint density at radius 1 is 1.16 bits per heavy atom. The van der Waals surface area contributed by atoms with Crippen LogP contribution in [0.4, 0.5) is 0 Å². The number of ether oxygens (including phenoxy) is 3. The monoisotopic (exact) mass is 603 g/mol. The fourth-order valence-corrected chi connectivity index (χ4v) is 5.55. The number of rotatable bonds is 7. The van der Waals surface area contributed by atoms with Crippen molar-refractivity contribution in [2.75, 3.05) is 26.2 Å². The van der Waals surface area contributed by atoms with E-state index in [0.717, 1.165) is 5.56 Å². The summed E-state index contributed by atoms with van der Waals surface area (Å²) in [5, 5.41) is 3.09. The molecule has 1 fully saturated rings. The standard InChI is InChI=1S/C33H41N5O6/c1-4-37-20-31(39)35-29-19-38(32(40)9-6-12-36-14-11-34-22-36)13-10-30(29)42-21-24-7-5-8-26(15-24)44-28-17-25(33(37)41)16-27(18-28)43-23(2)3/h5,7-8,11,14-18,22-23,29-30H,4,6,9-10,12-13,19-21H2,1-3H3,(H,35,39)/t29-,30-/m0/s1. The second-order valence-corrected chi connectivity index (χ2v) is 11.5. The average Bonchev–Trinajstić information content (AvgIpc) is 3.52. The van der Waals surface area contributed by atoms with E-state index < -0.39 is 6.04 Å². The van der Waals surface area contributed by atoms with Gasteiger partial charge in [0, 0.05) is 56.6 Å². The summed E-state index contributed by atoms with van der Waals surface area (Å²) in [6.45, 7) is 7.74. The molecule has 5 rings (SSSR count). The third kappa shape index (κ3) is 8.16. The molecule has 3 amide bonds. The van der Waals surface area contributed by atoms with Crippen molar-refractivity contribution >= 4 is 17.7 Å². The van der Waals surface area contributed by atoms with E-state index in [1.54, 1.807) is 35.6 Å². The SMILES string of the molecule is CCN1CC(=O)N[C@H]2CN(C(=O)CCCn3ccnc3)CC[C@@H]2OCc2cccc(c2)Oc2cc(OC(C)C)cc(c2)C1=O. The van der Waals surface area contributed by atoms with Crippen molar-refractivity contribution in [1.82, 2.24) is 24.7 Å². The molecule has 0 unspecified atom stereocenters. The fraction of sp³-hybridized carbons (Fsp3) is 0.455. The second kappa shape index (κ2) is 14.4. The van der Waals surface area contributed by atoms with E-state index in [0.29, 0.717) is 74.9 Å². The molecule has 2 atom stereocenters. The van der Waals surface area contributed by atoms with Gasteiger partial charge in [0.1, 0.15) is 17.2 Å². The van der Waals surface area contributed by atoms with Crippen LogP contribution < -0.4 is 14.8 Å². The van der Waals surface area contributed by atoms with Crippen molar-refractivity contribution in [2.45, 2.75) is 71.4 Å². The summed E-state index contributed by atoms with van der Waals surface area (Å²) >= 11 is 0. The first-order chi connectivity index (χ1) is 21.3. The summed E-state index contributed by atoms with van der Waals surface area (Å²) < 4.78 is 20.4. The zero-order chi connectivity index (χ0) is 31.1. The fourth-order valence-electron chi connectivity index (χ4n) is 5.55. The van der Waals surface area contributed by atoms with Gasteiger partial charge in [0.15, 0.2) is 0 Å². The first-order valence-electron chi connectivity index (χ1n) is 15.3. The first kappa shape index (κ1) is 31.1. The Morgan fingerprint density at radius 2 is 2.02 bits per heavy atom. The van der Waals surface area contributed by atoms with Gasteiger partial charge in [0.05, 0.1) is 37.7 Å². The topological polar surface area (TPSA) is 115 Å². The minimum Gasteiger partial charge on any atom is -0.491 e. The highest BCUT2D eigenvalue weighted by molar-refractivity contribution is 5.97. The van der Waals surface area contributed by atoms with Gasteiger partial charge in [-0.1, -0.05) is 12.1 Å². The molecule has 0 radical (unpaired) electrons. The first-order valence-corrected chi connectivity index (χ1v) is 15.3. The van der Waals surface area contributed by atoms with Crippen LogP contribution in [0.25, 0.3) is 0 Å². The third-order valence-corrected chi connectivity index (χ3v) is 7.72. The molecule has 1 saturated heterocycles. The zero-order valence-corrected chi connectivity index (χ0v) is 25.6. The number of fused-ring (bicyclic) bond motifs is 5. The van der Waals surface area contributed by atoms with Crippen molar-refractivity contribution in [3.63, 3.8) is 0 Å². The third-order valence-electron chi connectivity index (χ3n) is 7.72. The van der Waals surface area contributed by atoms with E-state index in [1.165, 1.54) is 4.90 Å². The van der Waals surface area contributed by atoms with Crippen molar-refractivity contribution in [2.24, 2.45) is 0 Å². The van der Waals surface area contributed by atoms with Gasteiger partial charge in [0.25, 0.3) is 5.91 Å². The number of likely N-dealkylation sites (tertiary alicyclic amines) is 1. The number of likely N-dealkylation sites (N-methyl/N-ethyl adjacent to an activating group) is 1. The van der Waals surface area contributed by atoms with Gasteiger partial charge in [-0.3, -0.25) is 14.4 Å². The number of aromatic nitrogens is 2. The van der Waals surface area contributed by atoms with Crippen LogP contribution in [0.3, 0.4) is 0 Å². The van der Waals surface area contributed by atoms with E-state index in [2.05, 4.69) is 10.3 Å². The number of carbonyl (C=O) groups excluding carboxylic acids is 3. The molecule has 0 aliphatic carbocycles. The molecule has 2 aliphatic rings. The average molecular weight is 604 g/mol. The van der Waals surface area contributed by atoms with Gasteiger partial charge in [-0.05, 0) is 63.4 Å². The minimum atomic E-state index is -0.427. The van der Waals surface area contributed by atoms with Crippen molar-refractivity contribution < 1.29 is 28.6 Å². The maximum absolute atomic E-state index is 13.7. The Hall–Kier alpha value is -4.38. The molecule has 1 N–H and O–H groups in total. The number of nitrogens with one attached hydrogen (secondary N) is 1. The molecule has 3 heterocycles. The Labute approximate surface area is 258 Å². The number of benzene rings is 2. The summed E-state index contributed by atoms with van der Waals surface area (Å²) in [5.41, 5.74) is 1.27. The van der Waals surface area contributed by atoms with E-state index >= 15 is 0 Å². The quantitative estimate of drug-likeness (QED) is 0.434. The normalized spacial score (nSPS) is 19.3. The zero-order valence-electron chi connectivity index (χ0n) is 25.6. The molecule has 11 nitrogen and oxygen atoms in total. The summed E-state index contributed by atoms with van der Waals surface area (Å²) in [7, 11) is 0. The van der Waals surface area contributed by atoms with Crippen LogP contribution in [0, 0.1) is 0 Å². The Balaban J connectivity index is 1.36. The minimum absolute atomic E-state index is 0.0412. The molecule has 44 heavy (non-hydrogen) atoms. The highest BCUT2D eigenvalue weighted by atomic mass is 16.5. The lowest BCUT2D eigenvalue weighted by Gasteiger charge is -2.39. The summed E-state index contributed by atoms with van der Waals surface area (Å²) in [4.78, 5) is 47.5. The number of nitrogens with zero attached hydrogens (tertiary/aromatic N) is 4. The van der Waals surface area contributed by atoms with Gasteiger partial charge < -0.3 is 33.9 Å². The maximum Gasteiger partial charge on any atom is 0.254 e. The van der Waals surface area contributed by atoms with Gasteiger partial charge in [-0.25, -0.2) is 4.98 Å². The summed E-state index contributed by atoms with van der Waals surface area (Å²) in [5.74, 6) is 0.981. The molecule has 234 valence electrons. The van der Waals surface area contributed by atoms with E-state index in [9.17, 15) is 14.4 Å². The molecular formula is C33H41N5O6. The predicted molar refractivity (Wildman–Crippen MR) is 163 cm³/mol. The van der Waals surface area contributed by atoms with Crippen LogP contribution in [0.15, 0.2) is 61.2 Å². The molecule has 2 aromatic carbocycles. The number of imidazole rings is 1. The number of hydrogen-bond acceptors (Lipinski definition) is 7. The maximum atomic E-state index is 13.7. The lowest BCUT2D eigenvalue weighted by molar-refractivity contribution is -0.137. The van der Waals surface area contributed by atoms with Gasteiger partial charge in [-0.15, -0.1) is 0 Å². The van der Waals surface area contributed by atoms with Crippen LogP contribution in [-0.2, 0) is 27.5 Å².